The normalized spacial score (nSPS) is 13.1. The van der Waals surface area contributed by atoms with Crippen LogP contribution in [0.25, 0.3) is 0 Å². The Bertz CT molecular complexity index is 683. The average Bonchev–Trinajstić information content (AvgIpc) is 2.56. The minimum Gasteiger partial charge on any atom is -0.366 e. The summed E-state index contributed by atoms with van der Waals surface area (Å²) >= 11 is 0. The van der Waals surface area contributed by atoms with Gasteiger partial charge in [-0.15, -0.1) is 0 Å². The van der Waals surface area contributed by atoms with Gasteiger partial charge in [0.05, 0.1) is 5.92 Å². The Morgan fingerprint density at radius 2 is 1.78 bits per heavy atom. The molecule has 3 N–H and O–H groups in total. The number of benzene rings is 2. The van der Waals surface area contributed by atoms with E-state index in [9.17, 15) is 9.59 Å². The molecule has 2 rings (SSSR count). The monoisotopic (exact) mass is 310 g/mol. The van der Waals surface area contributed by atoms with Crippen molar-refractivity contribution >= 4 is 17.5 Å². The average molecular weight is 310 g/mol. The predicted molar refractivity (Wildman–Crippen MR) is 92.2 cm³/mol. The number of rotatable bonds is 6. The van der Waals surface area contributed by atoms with Crippen LogP contribution in [0.2, 0.25) is 0 Å². The molecule has 0 unspecified atom stereocenters. The Kier molecular flexibility index (Phi) is 5.52. The standard InChI is InChI=1S/C19H22N2O2/c1-3-13(2)17(14-8-5-4-6-9-14)19(23)21-16-11-7-10-15(12-16)18(20)22/h4-13,17H,3H2,1-2H3,(H2,20,22)(H,21,23)/t13-,17-/m0/s1. The van der Waals surface area contributed by atoms with E-state index in [2.05, 4.69) is 19.2 Å². The van der Waals surface area contributed by atoms with Gasteiger partial charge in [0.15, 0.2) is 0 Å². The van der Waals surface area contributed by atoms with Gasteiger partial charge in [0.2, 0.25) is 11.8 Å². The third kappa shape index (κ3) is 4.19. The van der Waals surface area contributed by atoms with Crippen molar-refractivity contribution in [2.24, 2.45) is 11.7 Å². The molecule has 0 heterocycles. The van der Waals surface area contributed by atoms with E-state index in [-0.39, 0.29) is 17.7 Å². The van der Waals surface area contributed by atoms with Gasteiger partial charge in [-0.2, -0.15) is 0 Å². The van der Waals surface area contributed by atoms with E-state index in [1.807, 2.05) is 30.3 Å². The maximum atomic E-state index is 12.8. The number of anilines is 1. The van der Waals surface area contributed by atoms with Crippen molar-refractivity contribution in [1.29, 1.82) is 0 Å². The summed E-state index contributed by atoms with van der Waals surface area (Å²) < 4.78 is 0. The van der Waals surface area contributed by atoms with Crippen LogP contribution in [0.4, 0.5) is 5.69 Å². The quantitative estimate of drug-likeness (QED) is 0.856. The van der Waals surface area contributed by atoms with Crippen LogP contribution in [-0.2, 0) is 4.79 Å². The lowest BCUT2D eigenvalue weighted by Gasteiger charge is -2.23. The highest BCUT2D eigenvalue weighted by molar-refractivity contribution is 5.98. The maximum absolute atomic E-state index is 12.8. The van der Waals surface area contributed by atoms with Gasteiger partial charge in [0.1, 0.15) is 0 Å². The minimum atomic E-state index is -0.511. The molecule has 2 aromatic carbocycles. The van der Waals surface area contributed by atoms with E-state index in [4.69, 9.17) is 5.73 Å². The third-order valence-corrected chi connectivity index (χ3v) is 4.07. The third-order valence-electron chi connectivity index (χ3n) is 4.07. The fourth-order valence-corrected chi connectivity index (χ4v) is 2.60. The van der Waals surface area contributed by atoms with Crippen molar-refractivity contribution in [2.45, 2.75) is 26.2 Å². The zero-order valence-electron chi connectivity index (χ0n) is 13.5. The molecule has 4 nitrogen and oxygen atoms in total. The molecule has 2 amide bonds. The molecule has 0 radical (unpaired) electrons. The van der Waals surface area contributed by atoms with Gasteiger partial charge in [0.25, 0.3) is 0 Å². The molecule has 2 atom stereocenters. The maximum Gasteiger partial charge on any atom is 0.248 e. The fraction of sp³-hybridized carbons (Fsp3) is 0.263. The fourth-order valence-electron chi connectivity index (χ4n) is 2.60. The molecule has 4 heteroatoms. The summed E-state index contributed by atoms with van der Waals surface area (Å²) in [6.45, 7) is 4.14. The highest BCUT2D eigenvalue weighted by atomic mass is 16.2. The Morgan fingerprint density at radius 1 is 1.09 bits per heavy atom. The van der Waals surface area contributed by atoms with Crippen LogP contribution in [0.15, 0.2) is 54.6 Å². The largest absolute Gasteiger partial charge is 0.366 e. The Labute approximate surface area is 136 Å². The first-order chi connectivity index (χ1) is 11.0. The van der Waals surface area contributed by atoms with Crippen LogP contribution in [0.1, 0.15) is 42.1 Å². The number of primary amides is 1. The molecular formula is C19H22N2O2. The van der Waals surface area contributed by atoms with Crippen molar-refractivity contribution in [3.05, 3.63) is 65.7 Å². The summed E-state index contributed by atoms with van der Waals surface area (Å²) in [4.78, 5) is 24.0. The van der Waals surface area contributed by atoms with E-state index in [1.54, 1.807) is 24.3 Å². The summed E-state index contributed by atoms with van der Waals surface area (Å²) in [5.74, 6) is -0.620. The number of carbonyl (C=O) groups excluding carboxylic acids is 2. The molecule has 2 aromatic rings. The van der Waals surface area contributed by atoms with E-state index < -0.39 is 5.91 Å². The molecule has 0 aromatic heterocycles. The highest BCUT2D eigenvalue weighted by Crippen LogP contribution is 2.28. The predicted octanol–water partition coefficient (Wildman–Crippen LogP) is 3.55. The van der Waals surface area contributed by atoms with Gasteiger partial charge >= 0.3 is 0 Å². The number of nitrogens with two attached hydrogens (primary N) is 1. The van der Waals surface area contributed by atoms with Crippen LogP contribution in [0.3, 0.4) is 0 Å². The van der Waals surface area contributed by atoms with Gasteiger partial charge in [-0.3, -0.25) is 9.59 Å². The zero-order valence-corrected chi connectivity index (χ0v) is 13.5. The Hall–Kier alpha value is -2.62. The first-order valence-corrected chi connectivity index (χ1v) is 7.78. The molecule has 0 saturated carbocycles. The molecule has 0 aliphatic rings. The van der Waals surface area contributed by atoms with E-state index in [0.29, 0.717) is 11.3 Å². The number of carbonyl (C=O) groups is 2. The van der Waals surface area contributed by atoms with Crippen LogP contribution in [0, 0.1) is 5.92 Å². The van der Waals surface area contributed by atoms with Gasteiger partial charge < -0.3 is 11.1 Å². The first kappa shape index (κ1) is 16.7. The van der Waals surface area contributed by atoms with Crippen LogP contribution < -0.4 is 11.1 Å². The molecule has 0 aliphatic carbocycles. The second kappa shape index (κ2) is 7.58. The summed E-state index contributed by atoms with van der Waals surface area (Å²) in [5.41, 5.74) is 7.23. The van der Waals surface area contributed by atoms with Crippen LogP contribution in [-0.4, -0.2) is 11.8 Å². The van der Waals surface area contributed by atoms with E-state index >= 15 is 0 Å². The second-order valence-corrected chi connectivity index (χ2v) is 5.71. The smallest absolute Gasteiger partial charge is 0.248 e. The first-order valence-electron chi connectivity index (χ1n) is 7.78. The van der Waals surface area contributed by atoms with Crippen molar-refractivity contribution in [3.63, 3.8) is 0 Å². The zero-order chi connectivity index (χ0) is 16.8. The summed E-state index contributed by atoms with van der Waals surface area (Å²) in [6, 6.07) is 16.4. The van der Waals surface area contributed by atoms with Crippen molar-refractivity contribution in [2.75, 3.05) is 5.32 Å². The highest BCUT2D eigenvalue weighted by Gasteiger charge is 2.25. The molecule has 0 fully saturated rings. The van der Waals surface area contributed by atoms with Gasteiger partial charge in [-0.25, -0.2) is 0 Å². The number of nitrogens with one attached hydrogen (secondary N) is 1. The topological polar surface area (TPSA) is 72.2 Å². The lowest BCUT2D eigenvalue weighted by atomic mass is 9.85. The lowest BCUT2D eigenvalue weighted by molar-refractivity contribution is -0.118. The second-order valence-electron chi connectivity index (χ2n) is 5.71. The van der Waals surface area contributed by atoms with Crippen molar-refractivity contribution in [3.8, 4) is 0 Å². The van der Waals surface area contributed by atoms with Crippen molar-refractivity contribution in [1.82, 2.24) is 0 Å². The molecule has 120 valence electrons. The molecule has 0 bridgehead atoms. The Balaban J connectivity index is 2.25. The summed E-state index contributed by atoms with van der Waals surface area (Å²) in [5, 5.41) is 2.90. The number of hydrogen-bond donors (Lipinski definition) is 2. The van der Waals surface area contributed by atoms with Crippen LogP contribution >= 0.6 is 0 Å². The van der Waals surface area contributed by atoms with Gasteiger partial charge in [-0.05, 0) is 29.7 Å². The number of amides is 2. The molecule has 0 spiro atoms. The van der Waals surface area contributed by atoms with Crippen molar-refractivity contribution < 1.29 is 9.59 Å². The molecule has 0 aliphatic heterocycles. The SMILES string of the molecule is CC[C@H](C)[C@H](C(=O)Nc1cccc(C(N)=O)c1)c1ccccc1. The summed E-state index contributed by atoms with van der Waals surface area (Å²) in [6.07, 6.45) is 0.897. The Morgan fingerprint density at radius 3 is 2.39 bits per heavy atom. The molecule has 23 heavy (non-hydrogen) atoms. The lowest BCUT2D eigenvalue weighted by Crippen LogP contribution is -2.26. The van der Waals surface area contributed by atoms with E-state index in [1.165, 1.54) is 0 Å². The molecular weight excluding hydrogens is 288 g/mol. The summed E-state index contributed by atoms with van der Waals surface area (Å²) in [7, 11) is 0. The number of hydrogen-bond acceptors (Lipinski definition) is 2. The minimum absolute atomic E-state index is 0.0767. The van der Waals surface area contributed by atoms with Crippen LogP contribution in [0.5, 0.6) is 0 Å². The van der Waals surface area contributed by atoms with E-state index in [0.717, 1.165) is 12.0 Å². The van der Waals surface area contributed by atoms with Gasteiger partial charge in [0, 0.05) is 11.3 Å². The molecule has 0 saturated heterocycles. The van der Waals surface area contributed by atoms with Gasteiger partial charge in [-0.1, -0.05) is 56.7 Å².